The molecule has 4 rings (SSSR count). The summed E-state index contributed by atoms with van der Waals surface area (Å²) in [6.45, 7) is 5.16. The molecule has 0 aliphatic heterocycles. The molecule has 1 aromatic heterocycles. The summed E-state index contributed by atoms with van der Waals surface area (Å²) >= 11 is 0. The molecule has 0 radical (unpaired) electrons. The van der Waals surface area contributed by atoms with Gasteiger partial charge in [0.15, 0.2) is 5.75 Å². The van der Waals surface area contributed by atoms with Crippen LogP contribution in [0.25, 0.3) is 10.9 Å². The van der Waals surface area contributed by atoms with E-state index in [1.807, 2.05) is 54.9 Å². The van der Waals surface area contributed by atoms with Crippen molar-refractivity contribution in [3.8, 4) is 5.75 Å². The molecule has 1 heterocycles. The number of halogens is 2. The Morgan fingerprint density at radius 1 is 0.943 bits per heavy atom. The van der Waals surface area contributed by atoms with E-state index in [0.29, 0.717) is 31.1 Å². The molecule has 8 heteroatoms. The molecule has 2 amide bonds. The fourth-order valence-corrected chi connectivity index (χ4v) is 3.90. The van der Waals surface area contributed by atoms with Crippen molar-refractivity contribution in [2.75, 3.05) is 18.4 Å². The minimum Gasteiger partial charge on any atom is -0.408 e. The summed E-state index contributed by atoms with van der Waals surface area (Å²) in [5, 5.41) is 3.32. The van der Waals surface area contributed by atoms with Crippen LogP contribution in [-0.4, -0.2) is 34.6 Å². The van der Waals surface area contributed by atoms with Crippen molar-refractivity contribution in [2.45, 2.75) is 20.4 Å². The molecule has 4 aromatic rings. The summed E-state index contributed by atoms with van der Waals surface area (Å²) in [6, 6.07) is 17.7. The lowest BCUT2D eigenvalue weighted by Gasteiger charge is -2.20. The molecule has 0 atom stereocenters. The topological polar surface area (TPSA) is 63.6 Å². The van der Waals surface area contributed by atoms with Crippen molar-refractivity contribution in [1.29, 1.82) is 0 Å². The number of carbonyl (C=O) groups excluding carboxylic acids is 2. The van der Waals surface area contributed by atoms with Gasteiger partial charge in [-0.15, -0.1) is 0 Å². The van der Waals surface area contributed by atoms with Crippen molar-refractivity contribution in [3.05, 3.63) is 95.7 Å². The highest BCUT2D eigenvalue weighted by molar-refractivity contribution is 6.10. The van der Waals surface area contributed by atoms with Gasteiger partial charge in [0.25, 0.3) is 5.91 Å². The molecule has 0 saturated carbocycles. The van der Waals surface area contributed by atoms with Crippen LogP contribution in [0.15, 0.2) is 72.9 Å². The number of nitrogens with one attached hydrogen (secondary N) is 1. The van der Waals surface area contributed by atoms with Crippen molar-refractivity contribution in [2.24, 2.45) is 0 Å². The van der Waals surface area contributed by atoms with Gasteiger partial charge in [-0.05, 0) is 49.7 Å². The number of hydrogen-bond donors (Lipinski definition) is 1. The van der Waals surface area contributed by atoms with E-state index >= 15 is 0 Å². The first kappa shape index (κ1) is 23.9. The molecule has 0 aliphatic carbocycles. The summed E-state index contributed by atoms with van der Waals surface area (Å²) < 4.78 is 35.0. The van der Waals surface area contributed by atoms with E-state index in [1.165, 1.54) is 4.90 Å². The van der Waals surface area contributed by atoms with Crippen LogP contribution in [0.4, 0.5) is 19.3 Å². The van der Waals surface area contributed by atoms with E-state index in [1.54, 1.807) is 18.2 Å². The van der Waals surface area contributed by atoms with Gasteiger partial charge in [-0.1, -0.05) is 30.3 Å². The Morgan fingerprint density at radius 2 is 1.63 bits per heavy atom. The van der Waals surface area contributed by atoms with Gasteiger partial charge < -0.3 is 19.5 Å². The third-order valence-corrected chi connectivity index (χ3v) is 5.69. The van der Waals surface area contributed by atoms with Crippen LogP contribution in [0.5, 0.6) is 5.75 Å². The van der Waals surface area contributed by atoms with Crippen LogP contribution < -0.4 is 10.1 Å². The highest BCUT2D eigenvalue weighted by Crippen LogP contribution is 2.35. The van der Waals surface area contributed by atoms with Crippen LogP contribution in [-0.2, 0) is 6.54 Å². The molecule has 0 fully saturated rings. The summed E-state index contributed by atoms with van der Waals surface area (Å²) in [4.78, 5) is 27.1. The van der Waals surface area contributed by atoms with Gasteiger partial charge >= 0.3 is 6.09 Å². The van der Waals surface area contributed by atoms with E-state index in [4.69, 9.17) is 4.74 Å². The molecule has 6 nitrogen and oxygen atoms in total. The SMILES string of the molecule is CCN(CC)C(=O)Oc1ccc2c(ccn2Cc2ccccc2)c1NC(=O)c1cc(F)cc(F)c1. The smallest absolute Gasteiger partial charge is 0.408 e. The van der Waals surface area contributed by atoms with E-state index in [9.17, 15) is 18.4 Å². The lowest BCUT2D eigenvalue weighted by molar-refractivity contribution is 0.102. The number of anilines is 1. The van der Waals surface area contributed by atoms with Crippen LogP contribution in [0.2, 0.25) is 0 Å². The van der Waals surface area contributed by atoms with Crippen molar-refractivity contribution < 1.29 is 23.1 Å². The lowest BCUT2D eigenvalue weighted by atomic mass is 10.1. The first-order valence-corrected chi connectivity index (χ1v) is 11.3. The molecular weight excluding hydrogens is 452 g/mol. The van der Waals surface area contributed by atoms with Crippen molar-refractivity contribution in [1.82, 2.24) is 9.47 Å². The van der Waals surface area contributed by atoms with Gasteiger partial charge in [0.05, 0.1) is 11.2 Å². The van der Waals surface area contributed by atoms with E-state index < -0.39 is 23.6 Å². The second kappa shape index (κ2) is 10.4. The average molecular weight is 478 g/mol. The second-order valence-corrected chi connectivity index (χ2v) is 7.95. The number of hydrogen-bond acceptors (Lipinski definition) is 3. The minimum absolute atomic E-state index is 0.136. The summed E-state index contributed by atoms with van der Waals surface area (Å²) in [7, 11) is 0. The summed E-state index contributed by atoms with van der Waals surface area (Å²) in [6.07, 6.45) is 1.30. The zero-order valence-corrected chi connectivity index (χ0v) is 19.4. The zero-order chi connectivity index (χ0) is 24.9. The maximum Gasteiger partial charge on any atom is 0.415 e. The third kappa shape index (κ3) is 5.32. The molecular formula is C27H25F2N3O3. The number of rotatable bonds is 7. The maximum absolute atomic E-state index is 13.7. The standard InChI is InChI=1S/C27H25F2N3O3/c1-3-31(4-2)27(34)35-24-11-10-23-22(12-13-32(23)17-18-8-6-5-7-9-18)25(24)30-26(33)19-14-20(28)16-21(29)15-19/h5-16H,3-4,17H2,1-2H3,(H,30,33). The average Bonchev–Trinajstić information content (AvgIpc) is 3.24. The zero-order valence-electron chi connectivity index (χ0n) is 19.4. The Kier molecular flexibility index (Phi) is 7.10. The maximum atomic E-state index is 13.7. The Bertz CT molecular complexity index is 1340. The first-order valence-electron chi connectivity index (χ1n) is 11.3. The van der Waals surface area contributed by atoms with Crippen molar-refractivity contribution >= 4 is 28.6 Å². The third-order valence-electron chi connectivity index (χ3n) is 5.69. The molecule has 0 aliphatic rings. The van der Waals surface area contributed by atoms with Gasteiger partial charge in [-0.25, -0.2) is 13.6 Å². The van der Waals surface area contributed by atoms with Crippen LogP contribution in [0, 0.1) is 11.6 Å². The molecule has 180 valence electrons. The number of benzene rings is 3. The molecule has 35 heavy (non-hydrogen) atoms. The Morgan fingerprint density at radius 3 is 2.29 bits per heavy atom. The minimum atomic E-state index is -0.865. The molecule has 0 spiro atoms. The fourth-order valence-electron chi connectivity index (χ4n) is 3.90. The van der Waals surface area contributed by atoms with Gasteiger partial charge in [-0.2, -0.15) is 0 Å². The van der Waals surface area contributed by atoms with Crippen LogP contribution in [0.1, 0.15) is 29.8 Å². The molecule has 0 saturated heterocycles. The number of ether oxygens (including phenoxy) is 1. The van der Waals surface area contributed by atoms with E-state index in [0.717, 1.165) is 23.2 Å². The lowest BCUT2D eigenvalue weighted by Crippen LogP contribution is -2.33. The van der Waals surface area contributed by atoms with Crippen molar-refractivity contribution in [3.63, 3.8) is 0 Å². The fraction of sp³-hybridized carbons (Fsp3) is 0.185. The predicted octanol–water partition coefficient (Wildman–Crippen LogP) is 6.06. The number of carbonyl (C=O) groups is 2. The predicted molar refractivity (Wildman–Crippen MR) is 131 cm³/mol. The molecule has 0 bridgehead atoms. The highest BCUT2D eigenvalue weighted by Gasteiger charge is 2.20. The first-order chi connectivity index (χ1) is 16.9. The van der Waals surface area contributed by atoms with Crippen LogP contribution in [0.3, 0.4) is 0 Å². The van der Waals surface area contributed by atoms with Gasteiger partial charge in [0, 0.05) is 42.8 Å². The highest BCUT2D eigenvalue weighted by atomic mass is 19.1. The van der Waals surface area contributed by atoms with Crippen LogP contribution >= 0.6 is 0 Å². The van der Waals surface area contributed by atoms with Gasteiger partial charge in [-0.3, -0.25) is 4.79 Å². The Balaban J connectivity index is 1.75. The number of aromatic nitrogens is 1. The van der Waals surface area contributed by atoms with E-state index in [-0.39, 0.29) is 17.0 Å². The second-order valence-electron chi connectivity index (χ2n) is 7.95. The Hall–Kier alpha value is -4.20. The number of fused-ring (bicyclic) bond motifs is 1. The molecule has 1 N–H and O–H groups in total. The number of nitrogens with zero attached hydrogens (tertiary/aromatic N) is 2. The normalized spacial score (nSPS) is 10.9. The van der Waals surface area contributed by atoms with Gasteiger partial charge in [0.1, 0.15) is 11.6 Å². The largest absolute Gasteiger partial charge is 0.415 e. The molecule has 0 unspecified atom stereocenters. The quantitative estimate of drug-likeness (QED) is 0.352. The number of amides is 2. The summed E-state index contributed by atoms with van der Waals surface area (Å²) in [5.41, 5.74) is 1.92. The summed E-state index contributed by atoms with van der Waals surface area (Å²) in [5.74, 6) is -2.32. The Labute approximate surface area is 201 Å². The van der Waals surface area contributed by atoms with E-state index in [2.05, 4.69) is 5.32 Å². The van der Waals surface area contributed by atoms with Gasteiger partial charge in [0.2, 0.25) is 0 Å². The molecule has 3 aromatic carbocycles. The monoisotopic (exact) mass is 477 g/mol.